The van der Waals surface area contributed by atoms with Gasteiger partial charge in [0.15, 0.2) is 0 Å². The van der Waals surface area contributed by atoms with Gasteiger partial charge in [-0.2, -0.15) is 0 Å². The summed E-state index contributed by atoms with van der Waals surface area (Å²) in [5.41, 5.74) is 4.65. The van der Waals surface area contributed by atoms with Crippen LogP contribution < -0.4 is 0 Å². The summed E-state index contributed by atoms with van der Waals surface area (Å²) in [5.74, 6) is 0. The van der Waals surface area contributed by atoms with Gasteiger partial charge in [0, 0.05) is 25.1 Å². The fraction of sp³-hybridized carbons (Fsp3) is 0.118. The third-order valence-corrected chi connectivity index (χ3v) is 3.24. The van der Waals surface area contributed by atoms with E-state index >= 15 is 0 Å². The molecule has 0 unspecified atom stereocenters. The van der Waals surface area contributed by atoms with Crippen LogP contribution in [0.15, 0.2) is 67.3 Å². The lowest BCUT2D eigenvalue weighted by Crippen LogP contribution is -1.97. The van der Waals surface area contributed by atoms with Crippen molar-refractivity contribution in [3.05, 3.63) is 72.8 Å². The average molecular weight is 264 g/mol. The number of ether oxygens (including phenoxy) is 1. The Hall–Kier alpha value is -2.39. The Kier molecular flexibility index (Phi) is 3.61. The second-order valence-electron chi connectivity index (χ2n) is 4.62. The van der Waals surface area contributed by atoms with Crippen LogP contribution in [0.3, 0.4) is 0 Å². The molecule has 0 atom stereocenters. The van der Waals surface area contributed by atoms with Gasteiger partial charge in [-0.3, -0.25) is 0 Å². The van der Waals surface area contributed by atoms with E-state index in [1.165, 1.54) is 11.1 Å². The number of hydrogen-bond acceptors (Lipinski definition) is 2. The number of rotatable bonds is 4. The summed E-state index contributed by atoms with van der Waals surface area (Å²) in [6.07, 6.45) is 5.56. The third-order valence-electron chi connectivity index (χ3n) is 3.24. The zero-order valence-electron chi connectivity index (χ0n) is 11.4. The zero-order valence-corrected chi connectivity index (χ0v) is 11.4. The first kappa shape index (κ1) is 12.6. The van der Waals surface area contributed by atoms with E-state index in [-0.39, 0.29) is 0 Å². The monoisotopic (exact) mass is 264 g/mol. The highest BCUT2D eigenvalue weighted by Gasteiger charge is 2.08. The second kappa shape index (κ2) is 5.72. The van der Waals surface area contributed by atoms with Crippen LogP contribution in [0.4, 0.5) is 0 Å². The number of imidazole rings is 1. The third kappa shape index (κ3) is 2.49. The topological polar surface area (TPSA) is 27.1 Å². The van der Waals surface area contributed by atoms with Crippen LogP contribution in [-0.4, -0.2) is 16.7 Å². The molecule has 0 aliphatic rings. The van der Waals surface area contributed by atoms with E-state index in [4.69, 9.17) is 4.74 Å². The standard InChI is InChI=1S/C17H16N2O/c1-20-12-14-7-8-17(19-10-9-18-13-19)16(11-14)15-5-3-2-4-6-15/h2-11,13H,12H2,1H3. The van der Waals surface area contributed by atoms with Gasteiger partial charge in [0.05, 0.1) is 18.6 Å². The van der Waals surface area contributed by atoms with Crippen molar-refractivity contribution in [2.45, 2.75) is 6.61 Å². The highest BCUT2D eigenvalue weighted by Crippen LogP contribution is 2.28. The van der Waals surface area contributed by atoms with Crippen molar-refractivity contribution < 1.29 is 4.74 Å². The van der Waals surface area contributed by atoms with Crippen LogP contribution >= 0.6 is 0 Å². The van der Waals surface area contributed by atoms with Crippen LogP contribution in [-0.2, 0) is 11.3 Å². The van der Waals surface area contributed by atoms with Gasteiger partial charge in [-0.15, -0.1) is 0 Å². The first-order valence-corrected chi connectivity index (χ1v) is 6.54. The highest BCUT2D eigenvalue weighted by atomic mass is 16.5. The van der Waals surface area contributed by atoms with Gasteiger partial charge in [0.2, 0.25) is 0 Å². The van der Waals surface area contributed by atoms with Crippen LogP contribution in [0.5, 0.6) is 0 Å². The molecular weight excluding hydrogens is 248 g/mol. The van der Waals surface area contributed by atoms with Gasteiger partial charge in [-0.05, 0) is 23.3 Å². The molecule has 1 heterocycles. The van der Waals surface area contributed by atoms with Gasteiger partial charge >= 0.3 is 0 Å². The quantitative estimate of drug-likeness (QED) is 0.718. The van der Waals surface area contributed by atoms with Gasteiger partial charge in [0.25, 0.3) is 0 Å². The molecule has 0 N–H and O–H groups in total. The molecule has 0 saturated carbocycles. The lowest BCUT2D eigenvalue weighted by Gasteiger charge is -2.12. The van der Waals surface area contributed by atoms with E-state index in [9.17, 15) is 0 Å². The van der Waals surface area contributed by atoms with Crippen molar-refractivity contribution in [3.63, 3.8) is 0 Å². The molecule has 0 bridgehead atoms. The normalized spacial score (nSPS) is 10.7. The van der Waals surface area contributed by atoms with Crippen LogP contribution in [0, 0.1) is 0 Å². The summed E-state index contributed by atoms with van der Waals surface area (Å²) in [6.45, 7) is 0.615. The van der Waals surface area contributed by atoms with E-state index in [1.807, 2.05) is 23.2 Å². The molecule has 20 heavy (non-hydrogen) atoms. The Balaban J connectivity index is 2.15. The summed E-state index contributed by atoms with van der Waals surface area (Å²) in [4.78, 5) is 4.13. The molecule has 0 saturated heterocycles. The van der Waals surface area contributed by atoms with Crippen LogP contribution in [0.1, 0.15) is 5.56 Å². The average Bonchev–Trinajstić information content (AvgIpc) is 3.03. The number of methoxy groups -OCH3 is 1. The fourth-order valence-electron chi connectivity index (χ4n) is 2.32. The Labute approximate surface area is 118 Å². The Bertz CT molecular complexity index is 675. The molecule has 0 radical (unpaired) electrons. The summed E-state index contributed by atoms with van der Waals surface area (Å²) in [7, 11) is 1.71. The van der Waals surface area contributed by atoms with E-state index in [2.05, 4.69) is 47.4 Å². The second-order valence-corrected chi connectivity index (χ2v) is 4.62. The zero-order chi connectivity index (χ0) is 13.8. The lowest BCUT2D eigenvalue weighted by atomic mass is 10.0. The Morgan fingerprint density at radius 2 is 1.95 bits per heavy atom. The Morgan fingerprint density at radius 3 is 2.65 bits per heavy atom. The van der Waals surface area contributed by atoms with E-state index in [0.717, 1.165) is 11.3 Å². The molecule has 0 aliphatic heterocycles. The number of hydrogen-bond donors (Lipinski definition) is 0. The molecule has 3 rings (SSSR count). The maximum Gasteiger partial charge on any atom is 0.0991 e. The van der Waals surface area contributed by atoms with Crippen LogP contribution in [0.2, 0.25) is 0 Å². The summed E-state index contributed by atoms with van der Waals surface area (Å²) >= 11 is 0. The molecule has 1 aromatic heterocycles. The van der Waals surface area contributed by atoms with Gasteiger partial charge in [-0.1, -0.05) is 36.4 Å². The first-order chi connectivity index (χ1) is 9.88. The van der Waals surface area contributed by atoms with E-state index < -0.39 is 0 Å². The molecule has 0 aliphatic carbocycles. The van der Waals surface area contributed by atoms with Gasteiger partial charge < -0.3 is 9.30 Å². The SMILES string of the molecule is COCc1ccc(-n2ccnc2)c(-c2ccccc2)c1. The summed E-state index contributed by atoms with van der Waals surface area (Å²) < 4.78 is 7.26. The molecule has 0 fully saturated rings. The van der Waals surface area contributed by atoms with Crippen molar-refractivity contribution in [3.8, 4) is 16.8 Å². The minimum atomic E-state index is 0.615. The molecular formula is C17H16N2O. The van der Waals surface area contributed by atoms with Crippen molar-refractivity contribution in [1.29, 1.82) is 0 Å². The maximum atomic E-state index is 5.23. The molecule has 2 aromatic carbocycles. The molecule has 3 aromatic rings. The lowest BCUT2D eigenvalue weighted by molar-refractivity contribution is 0.185. The molecule has 3 nitrogen and oxygen atoms in total. The maximum absolute atomic E-state index is 5.23. The van der Waals surface area contributed by atoms with E-state index in [0.29, 0.717) is 6.61 Å². The number of nitrogens with zero attached hydrogens (tertiary/aromatic N) is 2. The fourth-order valence-corrected chi connectivity index (χ4v) is 2.32. The largest absolute Gasteiger partial charge is 0.380 e. The first-order valence-electron chi connectivity index (χ1n) is 6.54. The van der Waals surface area contributed by atoms with Crippen molar-refractivity contribution in [2.75, 3.05) is 7.11 Å². The Morgan fingerprint density at radius 1 is 1.10 bits per heavy atom. The van der Waals surface area contributed by atoms with Crippen molar-refractivity contribution in [1.82, 2.24) is 9.55 Å². The van der Waals surface area contributed by atoms with Crippen molar-refractivity contribution >= 4 is 0 Å². The minimum absolute atomic E-state index is 0.615. The minimum Gasteiger partial charge on any atom is -0.380 e. The van der Waals surface area contributed by atoms with Crippen molar-refractivity contribution in [2.24, 2.45) is 0 Å². The molecule has 100 valence electrons. The van der Waals surface area contributed by atoms with Crippen LogP contribution in [0.25, 0.3) is 16.8 Å². The number of aromatic nitrogens is 2. The summed E-state index contributed by atoms with van der Waals surface area (Å²) in [5, 5.41) is 0. The predicted octanol–water partition coefficient (Wildman–Crippen LogP) is 3.69. The summed E-state index contributed by atoms with van der Waals surface area (Å²) in [6, 6.07) is 16.7. The predicted molar refractivity (Wildman–Crippen MR) is 79.7 cm³/mol. The smallest absolute Gasteiger partial charge is 0.0991 e. The molecule has 0 amide bonds. The van der Waals surface area contributed by atoms with Gasteiger partial charge in [-0.25, -0.2) is 4.98 Å². The van der Waals surface area contributed by atoms with Gasteiger partial charge in [0.1, 0.15) is 0 Å². The molecule has 3 heteroatoms. The molecule has 0 spiro atoms. The highest BCUT2D eigenvalue weighted by molar-refractivity contribution is 5.73. The van der Waals surface area contributed by atoms with E-state index in [1.54, 1.807) is 13.3 Å². The number of benzene rings is 2.